The summed E-state index contributed by atoms with van der Waals surface area (Å²) >= 11 is 12.4. The smallest absolute Gasteiger partial charge is 0.243 e. The van der Waals surface area contributed by atoms with Crippen molar-refractivity contribution in [2.45, 2.75) is 58.2 Å². The largest absolute Gasteiger partial charge is 0.352 e. The van der Waals surface area contributed by atoms with Crippen molar-refractivity contribution in [2.75, 3.05) is 0 Å². The SMILES string of the molecule is CC[C@H](C(=O)NC(C)C)N(Cc1ccc(Cl)c(Cl)c1)C(=O)CC(c1ccccc1)c1ccccc1. The molecule has 0 radical (unpaired) electrons. The fourth-order valence-electron chi connectivity index (χ4n) is 4.23. The highest BCUT2D eigenvalue weighted by Crippen LogP contribution is 2.30. The Bertz CT molecular complexity index is 1080. The molecule has 35 heavy (non-hydrogen) atoms. The Morgan fingerprint density at radius 2 is 1.43 bits per heavy atom. The van der Waals surface area contributed by atoms with Gasteiger partial charge in [-0.15, -0.1) is 0 Å². The molecule has 6 heteroatoms. The highest BCUT2D eigenvalue weighted by Gasteiger charge is 2.31. The number of halogens is 2. The van der Waals surface area contributed by atoms with Gasteiger partial charge in [0.2, 0.25) is 11.8 Å². The van der Waals surface area contributed by atoms with Gasteiger partial charge >= 0.3 is 0 Å². The zero-order valence-electron chi connectivity index (χ0n) is 20.4. The van der Waals surface area contributed by atoms with Gasteiger partial charge in [0.15, 0.2) is 0 Å². The van der Waals surface area contributed by atoms with Gasteiger partial charge in [0.1, 0.15) is 6.04 Å². The van der Waals surface area contributed by atoms with Crippen molar-refractivity contribution in [2.24, 2.45) is 0 Å². The summed E-state index contributed by atoms with van der Waals surface area (Å²) in [6.07, 6.45) is 0.730. The number of carbonyl (C=O) groups is 2. The second kappa shape index (κ2) is 12.8. The summed E-state index contributed by atoms with van der Waals surface area (Å²) in [6, 6.07) is 24.7. The molecule has 0 saturated heterocycles. The number of nitrogens with zero attached hydrogens (tertiary/aromatic N) is 1. The standard InChI is InChI=1S/C29H32Cl2N2O2/c1-4-27(29(35)32-20(2)3)33(19-21-15-16-25(30)26(31)17-21)28(34)18-24(22-11-7-5-8-12-22)23-13-9-6-10-14-23/h5-17,20,24,27H,4,18-19H2,1-3H3,(H,32,35)/t27-/m1/s1. The van der Waals surface area contributed by atoms with E-state index in [1.54, 1.807) is 17.0 Å². The molecule has 1 atom stereocenters. The van der Waals surface area contributed by atoms with Gasteiger partial charge in [-0.3, -0.25) is 9.59 Å². The second-order valence-corrected chi connectivity index (χ2v) is 9.75. The van der Waals surface area contributed by atoms with Crippen LogP contribution < -0.4 is 5.32 Å². The summed E-state index contributed by atoms with van der Waals surface area (Å²) < 4.78 is 0. The molecule has 1 N–H and O–H groups in total. The zero-order valence-corrected chi connectivity index (χ0v) is 21.9. The van der Waals surface area contributed by atoms with Crippen LogP contribution >= 0.6 is 23.2 Å². The molecular formula is C29H32Cl2N2O2. The van der Waals surface area contributed by atoms with Gasteiger partial charge in [-0.1, -0.05) is 96.9 Å². The van der Waals surface area contributed by atoms with Gasteiger partial charge in [-0.25, -0.2) is 0 Å². The highest BCUT2D eigenvalue weighted by atomic mass is 35.5. The lowest BCUT2D eigenvalue weighted by Gasteiger charge is -2.32. The molecule has 0 aromatic heterocycles. The molecule has 0 spiro atoms. The maximum Gasteiger partial charge on any atom is 0.243 e. The van der Waals surface area contributed by atoms with Gasteiger partial charge in [0.05, 0.1) is 10.0 Å². The predicted molar refractivity (Wildman–Crippen MR) is 144 cm³/mol. The van der Waals surface area contributed by atoms with Crippen LogP contribution in [-0.4, -0.2) is 28.8 Å². The number of carbonyl (C=O) groups excluding carboxylic acids is 2. The monoisotopic (exact) mass is 510 g/mol. The van der Waals surface area contributed by atoms with Crippen LogP contribution in [0.4, 0.5) is 0 Å². The van der Waals surface area contributed by atoms with Crippen LogP contribution in [0.1, 0.15) is 56.2 Å². The number of nitrogens with one attached hydrogen (secondary N) is 1. The molecule has 0 aliphatic rings. The second-order valence-electron chi connectivity index (χ2n) is 8.94. The Morgan fingerprint density at radius 1 is 0.857 bits per heavy atom. The molecule has 0 heterocycles. The molecule has 0 saturated carbocycles. The van der Waals surface area contributed by atoms with Gasteiger partial charge < -0.3 is 10.2 Å². The van der Waals surface area contributed by atoms with E-state index < -0.39 is 6.04 Å². The molecule has 184 valence electrons. The van der Waals surface area contributed by atoms with E-state index in [0.29, 0.717) is 16.5 Å². The number of amides is 2. The number of hydrogen-bond donors (Lipinski definition) is 1. The normalized spacial score (nSPS) is 12.0. The fraction of sp³-hybridized carbons (Fsp3) is 0.310. The lowest BCUT2D eigenvalue weighted by atomic mass is 9.88. The van der Waals surface area contributed by atoms with Crippen molar-refractivity contribution in [3.8, 4) is 0 Å². The highest BCUT2D eigenvalue weighted by molar-refractivity contribution is 6.42. The third kappa shape index (κ3) is 7.33. The fourth-order valence-corrected chi connectivity index (χ4v) is 4.55. The van der Waals surface area contributed by atoms with Crippen LogP contribution in [0.3, 0.4) is 0 Å². The summed E-state index contributed by atoms with van der Waals surface area (Å²) in [5.74, 6) is -0.390. The molecule has 4 nitrogen and oxygen atoms in total. The number of rotatable bonds is 10. The molecule has 0 aliphatic carbocycles. The number of hydrogen-bond acceptors (Lipinski definition) is 2. The minimum absolute atomic E-state index is 0.0279. The molecule has 0 bridgehead atoms. The first-order chi connectivity index (χ1) is 16.8. The van der Waals surface area contributed by atoms with E-state index in [1.165, 1.54) is 0 Å². The first kappa shape index (κ1) is 26.8. The van der Waals surface area contributed by atoms with Crippen molar-refractivity contribution in [1.29, 1.82) is 0 Å². The third-order valence-corrected chi connectivity index (χ3v) is 6.68. The van der Waals surface area contributed by atoms with E-state index in [-0.39, 0.29) is 36.7 Å². The van der Waals surface area contributed by atoms with Crippen LogP contribution in [-0.2, 0) is 16.1 Å². The minimum Gasteiger partial charge on any atom is -0.352 e. The van der Waals surface area contributed by atoms with Crippen molar-refractivity contribution in [3.63, 3.8) is 0 Å². The summed E-state index contributed by atoms with van der Waals surface area (Å²) in [5, 5.41) is 3.84. The van der Waals surface area contributed by atoms with E-state index in [0.717, 1.165) is 16.7 Å². The molecule has 0 aliphatic heterocycles. The summed E-state index contributed by atoms with van der Waals surface area (Å²) in [5.41, 5.74) is 2.93. The Kier molecular flexibility index (Phi) is 9.76. The van der Waals surface area contributed by atoms with Crippen LogP contribution in [0.15, 0.2) is 78.9 Å². The predicted octanol–water partition coefficient (Wildman–Crippen LogP) is 6.85. The van der Waals surface area contributed by atoms with Crippen molar-refractivity contribution >= 4 is 35.0 Å². The van der Waals surface area contributed by atoms with Crippen molar-refractivity contribution < 1.29 is 9.59 Å². The molecule has 3 aromatic rings. The lowest BCUT2D eigenvalue weighted by molar-refractivity contribution is -0.141. The number of benzene rings is 3. The molecule has 0 unspecified atom stereocenters. The van der Waals surface area contributed by atoms with Crippen LogP contribution in [0.5, 0.6) is 0 Å². The topological polar surface area (TPSA) is 49.4 Å². The average Bonchev–Trinajstić information content (AvgIpc) is 2.85. The van der Waals surface area contributed by atoms with E-state index >= 15 is 0 Å². The van der Waals surface area contributed by atoms with Gasteiger partial charge in [0, 0.05) is 24.9 Å². The lowest BCUT2D eigenvalue weighted by Crippen LogP contribution is -2.50. The summed E-state index contributed by atoms with van der Waals surface area (Å²) in [4.78, 5) is 28.7. The Labute approximate surface area is 218 Å². The molecule has 3 aromatic carbocycles. The van der Waals surface area contributed by atoms with Gasteiger partial charge in [-0.2, -0.15) is 0 Å². The van der Waals surface area contributed by atoms with Gasteiger partial charge in [-0.05, 0) is 49.1 Å². The Balaban J connectivity index is 1.97. The maximum absolute atomic E-state index is 13.9. The quantitative estimate of drug-likeness (QED) is 0.324. The first-order valence-electron chi connectivity index (χ1n) is 11.9. The zero-order chi connectivity index (χ0) is 25.4. The Hall–Kier alpha value is -2.82. The summed E-state index contributed by atoms with van der Waals surface area (Å²) in [6.45, 7) is 6.01. The maximum atomic E-state index is 13.9. The van der Waals surface area contributed by atoms with Crippen LogP contribution in [0, 0.1) is 0 Å². The van der Waals surface area contributed by atoms with Crippen LogP contribution in [0.25, 0.3) is 0 Å². The summed E-state index contributed by atoms with van der Waals surface area (Å²) in [7, 11) is 0. The minimum atomic E-state index is -0.605. The van der Waals surface area contributed by atoms with E-state index in [9.17, 15) is 9.59 Å². The Morgan fingerprint density at radius 3 is 1.91 bits per heavy atom. The van der Waals surface area contributed by atoms with E-state index in [2.05, 4.69) is 5.32 Å². The molecular weight excluding hydrogens is 479 g/mol. The molecule has 0 fully saturated rings. The van der Waals surface area contributed by atoms with Gasteiger partial charge in [0.25, 0.3) is 0 Å². The van der Waals surface area contributed by atoms with Crippen LogP contribution in [0.2, 0.25) is 10.0 Å². The van der Waals surface area contributed by atoms with Crippen molar-refractivity contribution in [3.05, 3.63) is 106 Å². The van der Waals surface area contributed by atoms with Crippen molar-refractivity contribution in [1.82, 2.24) is 10.2 Å². The van der Waals surface area contributed by atoms with E-state index in [4.69, 9.17) is 23.2 Å². The molecule has 2 amide bonds. The molecule has 3 rings (SSSR count). The average molecular weight is 511 g/mol. The van der Waals surface area contributed by atoms with E-state index in [1.807, 2.05) is 87.5 Å². The third-order valence-electron chi connectivity index (χ3n) is 5.94. The first-order valence-corrected chi connectivity index (χ1v) is 12.7.